The van der Waals surface area contributed by atoms with Gasteiger partial charge in [-0.15, -0.1) is 0 Å². The van der Waals surface area contributed by atoms with Crippen LogP contribution in [0.3, 0.4) is 0 Å². The number of amides is 1. The van der Waals surface area contributed by atoms with Crippen molar-refractivity contribution in [2.24, 2.45) is 7.05 Å². The monoisotopic (exact) mass is 334 g/mol. The zero-order valence-corrected chi connectivity index (χ0v) is 13.4. The molecule has 20 heavy (non-hydrogen) atoms. The Bertz CT molecular complexity index is 592. The van der Waals surface area contributed by atoms with Crippen molar-refractivity contribution in [3.05, 3.63) is 58.3 Å². The molecule has 2 rings (SSSR count). The molecule has 0 saturated heterocycles. The molecule has 1 aromatic heterocycles. The van der Waals surface area contributed by atoms with Crippen molar-refractivity contribution in [1.29, 1.82) is 0 Å². The number of nitrogens with zero attached hydrogens (tertiary/aromatic N) is 2. The minimum atomic E-state index is 0.0781. The van der Waals surface area contributed by atoms with E-state index in [1.165, 1.54) is 0 Å². The van der Waals surface area contributed by atoms with Gasteiger partial charge < -0.3 is 9.47 Å². The number of hydrogen-bond donors (Lipinski definition) is 0. The predicted octanol–water partition coefficient (Wildman–Crippen LogP) is 3.84. The number of carbonyl (C=O) groups is 1. The van der Waals surface area contributed by atoms with Gasteiger partial charge in [0.1, 0.15) is 0 Å². The summed E-state index contributed by atoms with van der Waals surface area (Å²) in [5, 5.41) is 0. The molecule has 0 unspecified atom stereocenters. The third kappa shape index (κ3) is 3.51. The molecule has 0 bridgehead atoms. The highest BCUT2D eigenvalue weighted by Gasteiger charge is 2.16. The van der Waals surface area contributed by atoms with Crippen LogP contribution in [0.4, 0.5) is 0 Å². The van der Waals surface area contributed by atoms with E-state index in [1.54, 1.807) is 0 Å². The largest absolute Gasteiger partial charge is 0.353 e. The van der Waals surface area contributed by atoms with Gasteiger partial charge in [-0.1, -0.05) is 28.9 Å². The molecule has 1 heterocycles. The molecule has 106 valence electrons. The zero-order chi connectivity index (χ0) is 14.5. The van der Waals surface area contributed by atoms with Gasteiger partial charge in [0.05, 0.1) is 6.54 Å². The third-order valence-electron chi connectivity index (χ3n) is 3.26. The summed E-state index contributed by atoms with van der Waals surface area (Å²) >= 11 is 3.42. The van der Waals surface area contributed by atoms with Crippen molar-refractivity contribution in [2.45, 2.75) is 19.9 Å². The minimum absolute atomic E-state index is 0.0781. The fourth-order valence-electron chi connectivity index (χ4n) is 2.18. The summed E-state index contributed by atoms with van der Waals surface area (Å²) in [6.07, 6.45) is 2.95. The van der Waals surface area contributed by atoms with Crippen LogP contribution in [0.15, 0.2) is 47.1 Å². The molecule has 0 aliphatic heterocycles. The smallest absolute Gasteiger partial charge is 0.254 e. The topological polar surface area (TPSA) is 25.2 Å². The number of carbonyl (C=O) groups excluding carboxylic acids is 1. The summed E-state index contributed by atoms with van der Waals surface area (Å²) in [7, 11) is 2.00. The minimum Gasteiger partial charge on any atom is -0.353 e. The van der Waals surface area contributed by atoms with Crippen molar-refractivity contribution in [3.8, 4) is 0 Å². The summed E-state index contributed by atoms with van der Waals surface area (Å²) < 4.78 is 2.98. The fourth-order valence-corrected chi connectivity index (χ4v) is 2.58. The number of hydrogen-bond acceptors (Lipinski definition) is 1. The molecule has 0 aliphatic rings. The molecule has 0 fully saturated rings. The Labute approximate surface area is 128 Å². The molecule has 0 spiro atoms. The first kappa shape index (κ1) is 14.9. The van der Waals surface area contributed by atoms with Gasteiger partial charge in [-0.2, -0.15) is 0 Å². The lowest BCUT2D eigenvalue weighted by Crippen LogP contribution is -2.32. The molecule has 3 nitrogen and oxygen atoms in total. The molecule has 4 heteroatoms. The van der Waals surface area contributed by atoms with Crippen LogP contribution in [0, 0.1) is 0 Å². The van der Waals surface area contributed by atoms with E-state index < -0.39 is 0 Å². The second-order valence-electron chi connectivity index (χ2n) is 4.85. The van der Waals surface area contributed by atoms with Crippen LogP contribution in [0.5, 0.6) is 0 Å². The van der Waals surface area contributed by atoms with E-state index in [0.717, 1.165) is 28.7 Å². The molecule has 1 amide bonds. The summed E-state index contributed by atoms with van der Waals surface area (Å²) in [5.74, 6) is 0.0781. The maximum Gasteiger partial charge on any atom is 0.254 e. The van der Waals surface area contributed by atoms with Gasteiger partial charge in [-0.05, 0) is 36.8 Å². The molecule has 0 N–H and O–H groups in total. The third-order valence-corrected chi connectivity index (χ3v) is 3.75. The molecule has 2 aromatic rings. The Morgan fingerprint density at radius 3 is 2.70 bits per heavy atom. The Morgan fingerprint density at radius 2 is 2.10 bits per heavy atom. The van der Waals surface area contributed by atoms with E-state index in [1.807, 2.05) is 48.5 Å². The summed E-state index contributed by atoms with van der Waals surface area (Å²) in [6, 6.07) is 11.6. The maximum absolute atomic E-state index is 12.6. The van der Waals surface area contributed by atoms with Crippen molar-refractivity contribution < 1.29 is 4.79 Å². The standard InChI is InChI=1S/C16H19BrN2O/c1-3-9-19(12-15-8-5-10-18(15)2)16(20)13-6-4-7-14(17)11-13/h4-8,10-11H,3,9,12H2,1-2H3. The fraction of sp³-hybridized carbons (Fsp3) is 0.312. The van der Waals surface area contributed by atoms with E-state index in [9.17, 15) is 4.79 Å². The van der Waals surface area contributed by atoms with E-state index in [0.29, 0.717) is 6.54 Å². The van der Waals surface area contributed by atoms with Gasteiger partial charge in [0.15, 0.2) is 0 Å². The van der Waals surface area contributed by atoms with Gasteiger partial charge in [0, 0.05) is 35.5 Å². The lowest BCUT2D eigenvalue weighted by molar-refractivity contribution is 0.0740. The first-order valence-electron chi connectivity index (χ1n) is 6.77. The number of aryl methyl sites for hydroxylation is 1. The first-order valence-corrected chi connectivity index (χ1v) is 7.56. The predicted molar refractivity (Wildman–Crippen MR) is 84.6 cm³/mol. The van der Waals surface area contributed by atoms with Gasteiger partial charge >= 0.3 is 0 Å². The average molecular weight is 335 g/mol. The van der Waals surface area contributed by atoms with Gasteiger partial charge in [0.25, 0.3) is 5.91 Å². The maximum atomic E-state index is 12.6. The van der Waals surface area contributed by atoms with Crippen molar-refractivity contribution in [1.82, 2.24) is 9.47 Å². The van der Waals surface area contributed by atoms with Crippen molar-refractivity contribution in [2.75, 3.05) is 6.54 Å². The second kappa shape index (κ2) is 6.75. The Hall–Kier alpha value is -1.55. The Balaban J connectivity index is 2.20. The number of benzene rings is 1. The highest BCUT2D eigenvalue weighted by atomic mass is 79.9. The quantitative estimate of drug-likeness (QED) is 0.815. The number of rotatable bonds is 5. The van der Waals surface area contributed by atoms with Gasteiger partial charge in [0.2, 0.25) is 0 Å². The Kier molecular flexibility index (Phi) is 5.01. The molecule has 0 radical (unpaired) electrons. The van der Waals surface area contributed by atoms with Gasteiger partial charge in [-0.25, -0.2) is 0 Å². The van der Waals surface area contributed by atoms with Crippen LogP contribution in [-0.4, -0.2) is 21.9 Å². The van der Waals surface area contributed by atoms with E-state index in [2.05, 4.69) is 33.5 Å². The lowest BCUT2D eigenvalue weighted by atomic mass is 10.2. The summed E-state index contributed by atoms with van der Waals surface area (Å²) in [4.78, 5) is 14.5. The zero-order valence-electron chi connectivity index (χ0n) is 11.8. The molecular weight excluding hydrogens is 316 g/mol. The normalized spacial score (nSPS) is 10.6. The highest BCUT2D eigenvalue weighted by molar-refractivity contribution is 9.10. The molecule has 1 aromatic carbocycles. The van der Waals surface area contributed by atoms with E-state index >= 15 is 0 Å². The van der Waals surface area contributed by atoms with Crippen LogP contribution in [-0.2, 0) is 13.6 Å². The van der Waals surface area contributed by atoms with Crippen molar-refractivity contribution >= 4 is 21.8 Å². The van der Waals surface area contributed by atoms with Crippen LogP contribution in [0.25, 0.3) is 0 Å². The van der Waals surface area contributed by atoms with Crippen LogP contribution in [0.1, 0.15) is 29.4 Å². The van der Waals surface area contributed by atoms with E-state index in [-0.39, 0.29) is 5.91 Å². The van der Waals surface area contributed by atoms with Crippen LogP contribution in [0.2, 0.25) is 0 Å². The van der Waals surface area contributed by atoms with Crippen LogP contribution >= 0.6 is 15.9 Å². The average Bonchev–Trinajstić information content (AvgIpc) is 2.83. The van der Waals surface area contributed by atoms with E-state index in [4.69, 9.17) is 0 Å². The van der Waals surface area contributed by atoms with Gasteiger partial charge in [-0.3, -0.25) is 4.79 Å². The van der Waals surface area contributed by atoms with Crippen molar-refractivity contribution in [3.63, 3.8) is 0 Å². The lowest BCUT2D eigenvalue weighted by Gasteiger charge is -2.22. The molecule has 0 aliphatic carbocycles. The van der Waals surface area contributed by atoms with Crippen LogP contribution < -0.4 is 0 Å². The SMILES string of the molecule is CCCN(Cc1cccn1C)C(=O)c1cccc(Br)c1. The summed E-state index contributed by atoms with van der Waals surface area (Å²) in [6.45, 7) is 3.49. The molecule has 0 atom stereocenters. The second-order valence-corrected chi connectivity index (χ2v) is 5.76. The number of aromatic nitrogens is 1. The first-order chi connectivity index (χ1) is 9.61. The highest BCUT2D eigenvalue weighted by Crippen LogP contribution is 2.15. The summed E-state index contributed by atoms with van der Waals surface area (Å²) in [5.41, 5.74) is 1.86. The molecule has 0 saturated carbocycles. The Morgan fingerprint density at radius 1 is 1.30 bits per heavy atom. The number of halogens is 1. The molecular formula is C16H19BrN2O.